The molecule has 1 atom stereocenters. The number of nitrogens with two attached hydrogens (primary N) is 2. The molecule has 23 heavy (non-hydrogen) atoms. The van der Waals surface area contributed by atoms with E-state index in [1.165, 1.54) is 22.9 Å². The molecule has 1 aliphatic rings. The van der Waals surface area contributed by atoms with Crippen LogP contribution < -0.4 is 16.8 Å². The van der Waals surface area contributed by atoms with Gasteiger partial charge in [0.05, 0.1) is 11.8 Å². The Bertz CT molecular complexity index is 703. The number of carbonyl (C=O) groups is 1. The SMILES string of the molecule is Nc1nc(N)nc(SCC(=O)N[C@@H]2CCCc3ccccc32)n1. The second-order valence-corrected chi connectivity index (χ2v) is 6.28. The second-order valence-electron chi connectivity index (χ2n) is 5.33. The number of aromatic nitrogens is 3. The molecule has 120 valence electrons. The summed E-state index contributed by atoms with van der Waals surface area (Å²) in [5, 5.41) is 3.44. The molecule has 3 rings (SSSR count). The van der Waals surface area contributed by atoms with Gasteiger partial charge in [0.25, 0.3) is 0 Å². The molecule has 1 amide bonds. The molecule has 2 aromatic rings. The van der Waals surface area contributed by atoms with Crippen molar-refractivity contribution in [3.8, 4) is 0 Å². The van der Waals surface area contributed by atoms with Crippen molar-refractivity contribution in [2.24, 2.45) is 0 Å². The summed E-state index contributed by atoms with van der Waals surface area (Å²) in [7, 11) is 0. The number of aryl methyl sites for hydroxylation is 1. The lowest BCUT2D eigenvalue weighted by molar-refractivity contribution is -0.119. The fourth-order valence-corrected chi connectivity index (χ4v) is 3.38. The number of nitrogen functional groups attached to an aromatic ring is 2. The summed E-state index contributed by atoms with van der Waals surface area (Å²) in [4.78, 5) is 23.8. The largest absolute Gasteiger partial charge is 0.368 e. The zero-order valence-electron chi connectivity index (χ0n) is 12.5. The number of amides is 1. The van der Waals surface area contributed by atoms with Gasteiger partial charge in [-0.05, 0) is 30.4 Å². The van der Waals surface area contributed by atoms with Crippen molar-refractivity contribution in [3.05, 3.63) is 35.4 Å². The Morgan fingerprint density at radius 3 is 2.74 bits per heavy atom. The fraction of sp³-hybridized carbons (Fsp3) is 0.333. The molecule has 1 aromatic carbocycles. The molecule has 5 N–H and O–H groups in total. The van der Waals surface area contributed by atoms with Gasteiger partial charge in [0, 0.05) is 0 Å². The normalized spacial score (nSPS) is 16.6. The average Bonchev–Trinajstić information content (AvgIpc) is 2.52. The number of anilines is 2. The first-order valence-corrected chi connectivity index (χ1v) is 8.37. The van der Waals surface area contributed by atoms with Gasteiger partial charge in [-0.2, -0.15) is 15.0 Å². The molecule has 0 radical (unpaired) electrons. The van der Waals surface area contributed by atoms with E-state index in [0.717, 1.165) is 19.3 Å². The summed E-state index contributed by atoms with van der Waals surface area (Å²) in [6.45, 7) is 0. The molecule has 0 aliphatic heterocycles. The standard InChI is InChI=1S/C15H18N6OS/c16-13-19-14(17)21-15(20-13)23-8-12(22)18-11-7-3-5-9-4-1-2-6-10(9)11/h1-2,4,6,11H,3,5,7-8H2,(H,18,22)(H4,16,17,19,20,21)/t11-/m1/s1. The Kier molecular flexibility index (Phi) is 4.61. The molecule has 0 bridgehead atoms. The highest BCUT2D eigenvalue weighted by Gasteiger charge is 2.21. The third-order valence-corrected chi connectivity index (χ3v) is 4.53. The third-order valence-electron chi connectivity index (χ3n) is 3.69. The van der Waals surface area contributed by atoms with Crippen LogP contribution in [-0.2, 0) is 11.2 Å². The van der Waals surface area contributed by atoms with E-state index in [4.69, 9.17) is 11.5 Å². The van der Waals surface area contributed by atoms with Gasteiger partial charge in [-0.1, -0.05) is 36.0 Å². The van der Waals surface area contributed by atoms with E-state index < -0.39 is 0 Å². The molecule has 0 fully saturated rings. The van der Waals surface area contributed by atoms with Gasteiger partial charge in [0.2, 0.25) is 17.8 Å². The van der Waals surface area contributed by atoms with Crippen LogP contribution in [0.3, 0.4) is 0 Å². The van der Waals surface area contributed by atoms with Crippen LogP contribution in [0.2, 0.25) is 0 Å². The van der Waals surface area contributed by atoms with E-state index in [-0.39, 0.29) is 29.6 Å². The lowest BCUT2D eigenvalue weighted by atomic mass is 9.88. The molecule has 1 aromatic heterocycles. The van der Waals surface area contributed by atoms with Crippen LogP contribution in [-0.4, -0.2) is 26.6 Å². The minimum atomic E-state index is -0.0609. The van der Waals surface area contributed by atoms with Crippen LogP contribution in [0.15, 0.2) is 29.4 Å². The third kappa shape index (κ3) is 3.89. The van der Waals surface area contributed by atoms with Crippen molar-refractivity contribution in [2.45, 2.75) is 30.5 Å². The smallest absolute Gasteiger partial charge is 0.230 e. The number of hydrogen-bond donors (Lipinski definition) is 3. The van der Waals surface area contributed by atoms with Crippen molar-refractivity contribution in [3.63, 3.8) is 0 Å². The lowest BCUT2D eigenvalue weighted by Crippen LogP contribution is -2.32. The number of carbonyl (C=O) groups excluding carboxylic acids is 1. The zero-order chi connectivity index (χ0) is 16.2. The summed E-state index contributed by atoms with van der Waals surface area (Å²) in [5.74, 6) is 0.263. The monoisotopic (exact) mass is 330 g/mol. The Morgan fingerprint density at radius 1 is 1.22 bits per heavy atom. The molecule has 1 aliphatic carbocycles. The molecular weight excluding hydrogens is 312 g/mol. The summed E-state index contributed by atoms with van der Waals surface area (Å²) in [6.07, 6.45) is 3.11. The van der Waals surface area contributed by atoms with Gasteiger partial charge >= 0.3 is 0 Å². The van der Waals surface area contributed by atoms with E-state index in [1.807, 2.05) is 12.1 Å². The molecule has 0 saturated carbocycles. The Hall–Kier alpha value is -2.35. The first-order chi connectivity index (χ1) is 11.1. The molecule has 0 saturated heterocycles. The number of nitrogens with zero attached hydrogens (tertiary/aromatic N) is 3. The second kappa shape index (κ2) is 6.82. The van der Waals surface area contributed by atoms with Gasteiger partial charge in [0.15, 0.2) is 5.16 Å². The molecule has 0 unspecified atom stereocenters. The number of benzene rings is 1. The van der Waals surface area contributed by atoms with Crippen molar-refractivity contribution in [1.29, 1.82) is 0 Å². The Morgan fingerprint density at radius 2 is 1.96 bits per heavy atom. The summed E-state index contributed by atoms with van der Waals surface area (Å²) >= 11 is 1.19. The van der Waals surface area contributed by atoms with Gasteiger partial charge in [-0.25, -0.2) is 0 Å². The van der Waals surface area contributed by atoms with E-state index >= 15 is 0 Å². The van der Waals surface area contributed by atoms with Crippen LogP contribution in [0.1, 0.15) is 30.0 Å². The first kappa shape index (κ1) is 15.5. The molecule has 8 heteroatoms. The number of thioether (sulfide) groups is 1. The van der Waals surface area contributed by atoms with Gasteiger partial charge in [-0.15, -0.1) is 0 Å². The minimum Gasteiger partial charge on any atom is -0.368 e. The summed E-state index contributed by atoms with van der Waals surface area (Å²) < 4.78 is 0. The number of fused-ring (bicyclic) bond motifs is 1. The van der Waals surface area contributed by atoms with Crippen molar-refractivity contribution >= 4 is 29.6 Å². The first-order valence-electron chi connectivity index (χ1n) is 7.39. The maximum Gasteiger partial charge on any atom is 0.230 e. The highest BCUT2D eigenvalue weighted by atomic mass is 32.2. The highest BCUT2D eigenvalue weighted by molar-refractivity contribution is 7.99. The summed E-state index contributed by atoms with van der Waals surface area (Å²) in [6, 6.07) is 8.32. The number of nitrogens with one attached hydrogen (secondary N) is 1. The van der Waals surface area contributed by atoms with E-state index in [9.17, 15) is 4.79 Å². The van der Waals surface area contributed by atoms with Crippen LogP contribution >= 0.6 is 11.8 Å². The van der Waals surface area contributed by atoms with E-state index in [0.29, 0.717) is 5.16 Å². The summed E-state index contributed by atoms with van der Waals surface area (Å²) in [5.41, 5.74) is 13.6. The van der Waals surface area contributed by atoms with Crippen molar-refractivity contribution in [1.82, 2.24) is 20.3 Å². The van der Waals surface area contributed by atoms with Crippen LogP contribution in [0.25, 0.3) is 0 Å². The molecule has 1 heterocycles. The Labute approximate surface area is 138 Å². The molecule has 0 spiro atoms. The predicted octanol–water partition coefficient (Wildman–Crippen LogP) is 1.32. The van der Waals surface area contributed by atoms with Crippen LogP contribution in [0.5, 0.6) is 0 Å². The number of hydrogen-bond acceptors (Lipinski definition) is 7. The number of rotatable bonds is 4. The maximum absolute atomic E-state index is 12.2. The van der Waals surface area contributed by atoms with Crippen LogP contribution in [0, 0.1) is 0 Å². The van der Waals surface area contributed by atoms with Crippen LogP contribution in [0.4, 0.5) is 11.9 Å². The predicted molar refractivity (Wildman–Crippen MR) is 89.6 cm³/mol. The topological polar surface area (TPSA) is 120 Å². The lowest BCUT2D eigenvalue weighted by Gasteiger charge is -2.26. The zero-order valence-corrected chi connectivity index (χ0v) is 13.3. The Balaban J connectivity index is 1.60. The maximum atomic E-state index is 12.2. The quantitative estimate of drug-likeness (QED) is 0.723. The highest BCUT2D eigenvalue weighted by Crippen LogP contribution is 2.29. The van der Waals surface area contributed by atoms with Gasteiger partial charge in [-0.3, -0.25) is 4.79 Å². The average molecular weight is 330 g/mol. The van der Waals surface area contributed by atoms with Crippen molar-refractivity contribution in [2.75, 3.05) is 17.2 Å². The fourth-order valence-electron chi connectivity index (χ4n) is 2.72. The van der Waals surface area contributed by atoms with Gasteiger partial charge < -0.3 is 16.8 Å². The molecular formula is C15H18N6OS. The molecule has 7 nitrogen and oxygen atoms in total. The van der Waals surface area contributed by atoms with E-state index in [1.54, 1.807) is 0 Å². The van der Waals surface area contributed by atoms with Crippen molar-refractivity contribution < 1.29 is 4.79 Å². The van der Waals surface area contributed by atoms with E-state index in [2.05, 4.69) is 32.4 Å². The van der Waals surface area contributed by atoms with Gasteiger partial charge in [0.1, 0.15) is 0 Å². The minimum absolute atomic E-state index is 0.0571.